The Morgan fingerprint density at radius 1 is 1.16 bits per heavy atom. The molecule has 0 unspecified atom stereocenters. The maximum absolute atomic E-state index is 11.4. The van der Waals surface area contributed by atoms with Crippen LogP contribution in [-0.2, 0) is 20.9 Å². The quantitative estimate of drug-likeness (QED) is 0.658. The molecule has 1 aromatic rings. The minimum absolute atomic E-state index is 0.0130. The number of ether oxygens (including phenoxy) is 1. The van der Waals surface area contributed by atoms with E-state index in [4.69, 9.17) is 14.9 Å². The molecule has 0 aliphatic heterocycles. The van der Waals surface area contributed by atoms with E-state index in [1.165, 1.54) is 0 Å². The fourth-order valence-corrected chi connectivity index (χ4v) is 1.31. The lowest BCUT2D eigenvalue weighted by Gasteiger charge is -2.11. The van der Waals surface area contributed by atoms with Crippen molar-refractivity contribution in [2.45, 2.75) is 19.1 Å². The van der Waals surface area contributed by atoms with E-state index in [2.05, 4.69) is 0 Å². The summed E-state index contributed by atoms with van der Waals surface area (Å²) in [6, 6.07) is 7.34. The lowest BCUT2D eigenvalue weighted by atomic mass is 10.2. The number of carbonyl (C=O) groups excluding carboxylic acids is 1. The molecule has 0 radical (unpaired) electrons. The zero-order chi connectivity index (χ0) is 14.3. The van der Waals surface area contributed by atoms with Crippen molar-refractivity contribution in [3.8, 4) is 0 Å². The van der Waals surface area contributed by atoms with Crippen LogP contribution in [0.15, 0.2) is 30.3 Å². The average Bonchev–Trinajstić information content (AvgIpc) is 2.36. The number of aliphatic carboxylic acids is 1. The Kier molecular flexibility index (Phi) is 5.34. The first-order chi connectivity index (χ1) is 8.99. The monoisotopic (exact) mass is 267 g/mol. The standard InChI is InChI=1S/C12H13NO6/c14-10(6-9(11(15)16)13-12(17)18)19-7-8-4-2-1-3-5-8/h1-5,9,13H,6-7H2,(H,15,16)(H,17,18)/t9-/m0/s1. The molecule has 0 bridgehead atoms. The molecule has 1 amide bonds. The molecule has 7 nitrogen and oxygen atoms in total. The third kappa shape index (κ3) is 5.53. The van der Waals surface area contributed by atoms with Crippen LogP contribution in [0.1, 0.15) is 12.0 Å². The van der Waals surface area contributed by atoms with E-state index in [9.17, 15) is 14.4 Å². The van der Waals surface area contributed by atoms with Crippen molar-refractivity contribution in [3.63, 3.8) is 0 Å². The number of rotatable bonds is 6. The lowest BCUT2D eigenvalue weighted by molar-refractivity contribution is -0.150. The van der Waals surface area contributed by atoms with E-state index in [1.807, 2.05) is 6.07 Å². The molecule has 0 saturated carbocycles. The third-order valence-corrected chi connectivity index (χ3v) is 2.21. The first kappa shape index (κ1) is 14.5. The minimum atomic E-state index is -1.51. The van der Waals surface area contributed by atoms with Gasteiger partial charge in [0.25, 0.3) is 0 Å². The van der Waals surface area contributed by atoms with Crippen molar-refractivity contribution in [2.24, 2.45) is 0 Å². The number of esters is 1. The molecule has 1 rings (SSSR count). The van der Waals surface area contributed by atoms with E-state index in [1.54, 1.807) is 29.6 Å². The van der Waals surface area contributed by atoms with Crippen LogP contribution in [0.25, 0.3) is 0 Å². The van der Waals surface area contributed by atoms with Crippen molar-refractivity contribution in [2.75, 3.05) is 0 Å². The van der Waals surface area contributed by atoms with Gasteiger partial charge in [-0.3, -0.25) is 4.79 Å². The van der Waals surface area contributed by atoms with Crippen molar-refractivity contribution in [1.82, 2.24) is 5.32 Å². The van der Waals surface area contributed by atoms with E-state index in [0.29, 0.717) is 0 Å². The smallest absolute Gasteiger partial charge is 0.405 e. The number of carboxylic acid groups (broad SMARTS) is 2. The zero-order valence-corrected chi connectivity index (χ0v) is 9.91. The van der Waals surface area contributed by atoms with Gasteiger partial charge in [-0.2, -0.15) is 0 Å². The van der Waals surface area contributed by atoms with Crippen molar-refractivity contribution >= 4 is 18.0 Å². The number of nitrogens with one attached hydrogen (secondary N) is 1. The fourth-order valence-electron chi connectivity index (χ4n) is 1.31. The van der Waals surface area contributed by atoms with Crippen molar-refractivity contribution < 1.29 is 29.3 Å². The predicted octanol–water partition coefficient (Wildman–Crippen LogP) is 0.841. The molecule has 0 aromatic heterocycles. The van der Waals surface area contributed by atoms with Crippen LogP contribution in [0.2, 0.25) is 0 Å². The number of carbonyl (C=O) groups is 3. The Hall–Kier alpha value is -2.57. The summed E-state index contributed by atoms with van der Waals surface area (Å²) in [7, 11) is 0. The van der Waals surface area contributed by atoms with Crippen LogP contribution in [0.3, 0.4) is 0 Å². The second-order valence-corrected chi connectivity index (χ2v) is 3.69. The molecule has 102 valence electrons. The van der Waals surface area contributed by atoms with E-state index < -0.39 is 30.5 Å². The second-order valence-electron chi connectivity index (χ2n) is 3.69. The largest absolute Gasteiger partial charge is 0.480 e. The number of hydrogen-bond acceptors (Lipinski definition) is 4. The zero-order valence-electron chi connectivity index (χ0n) is 9.91. The minimum Gasteiger partial charge on any atom is -0.480 e. The fraction of sp³-hybridized carbons (Fsp3) is 0.250. The predicted molar refractivity (Wildman–Crippen MR) is 63.4 cm³/mol. The number of hydrogen-bond donors (Lipinski definition) is 3. The maximum Gasteiger partial charge on any atom is 0.405 e. The van der Waals surface area contributed by atoms with E-state index in [0.717, 1.165) is 5.56 Å². The van der Waals surface area contributed by atoms with Gasteiger partial charge < -0.3 is 20.3 Å². The normalized spacial score (nSPS) is 11.4. The first-order valence-corrected chi connectivity index (χ1v) is 5.41. The molecule has 0 aliphatic rings. The van der Waals surface area contributed by atoms with Crippen LogP contribution in [-0.4, -0.2) is 34.3 Å². The summed E-state index contributed by atoms with van der Waals surface area (Å²) in [4.78, 5) is 32.5. The Morgan fingerprint density at radius 2 is 1.79 bits per heavy atom. The van der Waals surface area contributed by atoms with Gasteiger partial charge in [-0.25, -0.2) is 9.59 Å². The van der Waals surface area contributed by atoms with E-state index >= 15 is 0 Å². The molecule has 0 heterocycles. The summed E-state index contributed by atoms with van der Waals surface area (Å²) < 4.78 is 4.86. The first-order valence-electron chi connectivity index (χ1n) is 5.41. The van der Waals surface area contributed by atoms with Crippen LogP contribution in [0.4, 0.5) is 4.79 Å². The van der Waals surface area contributed by atoms with Crippen LogP contribution in [0, 0.1) is 0 Å². The lowest BCUT2D eigenvalue weighted by Crippen LogP contribution is -2.41. The van der Waals surface area contributed by atoms with Gasteiger partial charge in [-0.15, -0.1) is 0 Å². The molecule has 0 saturated heterocycles. The summed E-state index contributed by atoms with van der Waals surface area (Å²) in [6.45, 7) is 0.0130. The highest BCUT2D eigenvalue weighted by molar-refractivity contribution is 5.84. The molecule has 0 spiro atoms. The van der Waals surface area contributed by atoms with Crippen molar-refractivity contribution in [1.29, 1.82) is 0 Å². The number of carboxylic acids is 1. The third-order valence-electron chi connectivity index (χ3n) is 2.21. The molecule has 1 atom stereocenters. The Morgan fingerprint density at radius 3 is 2.32 bits per heavy atom. The highest BCUT2D eigenvalue weighted by atomic mass is 16.5. The summed E-state index contributed by atoms with van der Waals surface area (Å²) in [5.74, 6) is -2.22. The molecule has 3 N–H and O–H groups in total. The van der Waals surface area contributed by atoms with Crippen molar-refractivity contribution in [3.05, 3.63) is 35.9 Å². The van der Waals surface area contributed by atoms with Gasteiger partial charge in [-0.1, -0.05) is 30.3 Å². The summed E-state index contributed by atoms with van der Waals surface area (Å²) in [6.07, 6.45) is -2.07. The average molecular weight is 267 g/mol. The highest BCUT2D eigenvalue weighted by Crippen LogP contribution is 2.03. The molecule has 1 aromatic carbocycles. The van der Waals surface area contributed by atoms with Crippen LogP contribution >= 0.6 is 0 Å². The Balaban J connectivity index is 2.45. The molecule has 0 fully saturated rings. The topological polar surface area (TPSA) is 113 Å². The van der Waals surface area contributed by atoms with Gasteiger partial charge in [0.2, 0.25) is 0 Å². The molecule has 0 aliphatic carbocycles. The maximum atomic E-state index is 11.4. The van der Waals surface area contributed by atoms with Gasteiger partial charge in [-0.05, 0) is 5.56 Å². The van der Waals surface area contributed by atoms with Gasteiger partial charge in [0.15, 0.2) is 0 Å². The van der Waals surface area contributed by atoms with Gasteiger partial charge in [0.05, 0.1) is 6.42 Å². The Bertz CT molecular complexity index is 459. The van der Waals surface area contributed by atoms with Crippen LogP contribution < -0.4 is 5.32 Å². The molecule has 19 heavy (non-hydrogen) atoms. The number of benzene rings is 1. The summed E-state index contributed by atoms with van der Waals surface area (Å²) >= 11 is 0. The van der Waals surface area contributed by atoms with Crippen LogP contribution in [0.5, 0.6) is 0 Å². The van der Waals surface area contributed by atoms with E-state index in [-0.39, 0.29) is 6.61 Å². The van der Waals surface area contributed by atoms with Gasteiger partial charge in [0, 0.05) is 0 Å². The molecular formula is C12H13NO6. The summed E-state index contributed by atoms with van der Waals surface area (Å²) in [5, 5.41) is 18.9. The molecular weight excluding hydrogens is 254 g/mol. The highest BCUT2D eigenvalue weighted by Gasteiger charge is 2.23. The SMILES string of the molecule is O=C(O)N[C@@H](CC(=O)OCc1ccccc1)C(=O)O. The van der Waals surface area contributed by atoms with Gasteiger partial charge in [0.1, 0.15) is 12.6 Å². The Labute approximate surface area is 108 Å². The number of amides is 1. The van der Waals surface area contributed by atoms with Gasteiger partial charge >= 0.3 is 18.0 Å². The second kappa shape index (κ2) is 7.00. The summed E-state index contributed by atoms with van der Waals surface area (Å²) in [5.41, 5.74) is 0.758. The molecule has 7 heteroatoms.